The van der Waals surface area contributed by atoms with Gasteiger partial charge in [-0.1, -0.05) is 53.0 Å². The molecule has 4 nitrogen and oxygen atoms in total. The van der Waals surface area contributed by atoms with E-state index in [-0.39, 0.29) is 5.57 Å². The summed E-state index contributed by atoms with van der Waals surface area (Å²) >= 11 is 19.1. The minimum Gasteiger partial charge on any atom is -0.297 e. The van der Waals surface area contributed by atoms with Gasteiger partial charge >= 0.3 is 0 Å². The number of nitriles is 1. The van der Waals surface area contributed by atoms with Crippen LogP contribution >= 0.6 is 46.1 Å². The van der Waals surface area contributed by atoms with Crippen LogP contribution in [0.1, 0.15) is 16.0 Å². The molecule has 0 unspecified atom stereocenters. The molecule has 8 heteroatoms. The number of carbonyl (C=O) groups excluding carboxylic acids is 1. The van der Waals surface area contributed by atoms with Crippen molar-refractivity contribution in [2.24, 2.45) is 0 Å². The fraction of sp³-hybridized carbons (Fsp3) is 0.0500. The van der Waals surface area contributed by atoms with Gasteiger partial charge in [0.1, 0.15) is 11.6 Å². The van der Waals surface area contributed by atoms with Crippen molar-refractivity contribution in [3.63, 3.8) is 0 Å². The number of hydrogen-bond acceptors (Lipinski definition) is 4. The number of carbonyl (C=O) groups is 1. The molecular formula is C20H12Cl3N3OS. The second kappa shape index (κ2) is 9.22. The topological polar surface area (TPSA) is 65.8 Å². The van der Waals surface area contributed by atoms with Crippen LogP contribution in [0.2, 0.25) is 15.1 Å². The zero-order valence-electron chi connectivity index (χ0n) is 14.2. The fourth-order valence-corrected chi connectivity index (χ4v) is 3.62. The number of benzene rings is 2. The Hall–Kier alpha value is -2.36. The minimum atomic E-state index is -0.520. The van der Waals surface area contributed by atoms with Crippen molar-refractivity contribution in [3.05, 3.63) is 85.3 Å². The third kappa shape index (κ3) is 5.34. The summed E-state index contributed by atoms with van der Waals surface area (Å²) in [5.41, 5.74) is 1.66. The Morgan fingerprint density at radius 2 is 1.89 bits per heavy atom. The molecule has 0 aliphatic carbocycles. The molecule has 0 fully saturated rings. The first-order valence-electron chi connectivity index (χ1n) is 8.02. The molecule has 0 spiro atoms. The number of nitrogens with one attached hydrogen (secondary N) is 1. The van der Waals surface area contributed by atoms with Gasteiger partial charge in [0.15, 0.2) is 5.13 Å². The van der Waals surface area contributed by atoms with E-state index >= 15 is 0 Å². The molecule has 2 aromatic carbocycles. The second-order valence-corrected chi connectivity index (χ2v) is 8.10. The highest BCUT2D eigenvalue weighted by molar-refractivity contribution is 7.15. The second-order valence-electron chi connectivity index (χ2n) is 5.73. The van der Waals surface area contributed by atoms with Crippen LogP contribution in [0, 0.1) is 11.3 Å². The van der Waals surface area contributed by atoms with Gasteiger partial charge in [0.25, 0.3) is 5.91 Å². The molecular weight excluding hydrogens is 437 g/mol. The first kappa shape index (κ1) is 20.4. The highest BCUT2D eigenvalue weighted by atomic mass is 35.5. The van der Waals surface area contributed by atoms with Gasteiger partial charge < -0.3 is 0 Å². The van der Waals surface area contributed by atoms with E-state index in [0.29, 0.717) is 32.2 Å². The van der Waals surface area contributed by atoms with Crippen LogP contribution in [-0.4, -0.2) is 10.9 Å². The molecule has 0 bridgehead atoms. The minimum absolute atomic E-state index is 0.0245. The Labute approximate surface area is 181 Å². The first-order chi connectivity index (χ1) is 13.4. The first-order valence-corrected chi connectivity index (χ1v) is 9.97. The zero-order chi connectivity index (χ0) is 20.1. The predicted molar refractivity (Wildman–Crippen MR) is 115 cm³/mol. The van der Waals surface area contributed by atoms with Gasteiger partial charge in [0.2, 0.25) is 0 Å². The van der Waals surface area contributed by atoms with Crippen molar-refractivity contribution >= 4 is 63.3 Å². The van der Waals surface area contributed by atoms with Crippen molar-refractivity contribution in [2.75, 3.05) is 5.32 Å². The van der Waals surface area contributed by atoms with Crippen molar-refractivity contribution < 1.29 is 4.79 Å². The van der Waals surface area contributed by atoms with E-state index in [9.17, 15) is 10.1 Å². The number of aromatic nitrogens is 1. The highest BCUT2D eigenvalue weighted by Crippen LogP contribution is 2.26. The average Bonchev–Trinajstić information content (AvgIpc) is 3.11. The van der Waals surface area contributed by atoms with Gasteiger partial charge in [-0.05, 0) is 41.5 Å². The Morgan fingerprint density at radius 3 is 2.57 bits per heavy atom. The molecule has 0 saturated carbocycles. The van der Waals surface area contributed by atoms with Crippen molar-refractivity contribution in [2.45, 2.75) is 6.42 Å². The molecule has 0 aliphatic heterocycles. The standard InChI is InChI=1S/C20H12Cl3N3OS/c21-15-4-1-12(2-5-15)7-14(10-24)19(27)26-20-25-11-16(28-20)8-13-3-6-17(22)18(23)9-13/h1-7,9,11H,8H2,(H,25,26,27)/b14-7+. The van der Waals surface area contributed by atoms with Crippen molar-refractivity contribution in [3.8, 4) is 6.07 Å². The zero-order valence-corrected chi connectivity index (χ0v) is 17.3. The summed E-state index contributed by atoms with van der Waals surface area (Å²) in [5, 5.41) is 13.9. The van der Waals surface area contributed by atoms with Crippen LogP contribution in [0.5, 0.6) is 0 Å². The maximum atomic E-state index is 12.4. The SMILES string of the molecule is N#C/C(=C\c1ccc(Cl)cc1)C(=O)Nc1ncc(Cc2ccc(Cl)c(Cl)c2)s1. The maximum Gasteiger partial charge on any atom is 0.268 e. The lowest BCUT2D eigenvalue weighted by Gasteiger charge is -2.01. The molecule has 0 aliphatic rings. The number of anilines is 1. The quantitative estimate of drug-likeness (QED) is 0.371. The van der Waals surface area contributed by atoms with Gasteiger partial charge in [0, 0.05) is 22.5 Å². The molecule has 28 heavy (non-hydrogen) atoms. The lowest BCUT2D eigenvalue weighted by atomic mass is 10.1. The lowest BCUT2D eigenvalue weighted by molar-refractivity contribution is -0.112. The van der Waals surface area contributed by atoms with Crippen LogP contribution in [-0.2, 0) is 11.2 Å². The van der Waals surface area contributed by atoms with E-state index in [1.54, 1.807) is 42.6 Å². The number of halogens is 3. The number of thiazole rings is 1. The van der Waals surface area contributed by atoms with Crippen LogP contribution in [0.4, 0.5) is 5.13 Å². The number of amides is 1. The average molecular weight is 449 g/mol. The Morgan fingerprint density at radius 1 is 1.14 bits per heavy atom. The highest BCUT2D eigenvalue weighted by Gasteiger charge is 2.12. The molecule has 1 amide bonds. The van der Waals surface area contributed by atoms with E-state index in [0.717, 1.165) is 10.4 Å². The summed E-state index contributed by atoms with van der Waals surface area (Å²) in [6, 6.07) is 14.2. The van der Waals surface area contributed by atoms with E-state index < -0.39 is 5.91 Å². The van der Waals surface area contributed by atoms with Gasteiger partial charge in [0.05, 0.1) is 10.0 Å². The summed E-state index contributed by atoms with van der Waals surface area (Å²) in [5.74, 6) is -0.520. The van der Waals surface area contributed by atoms with Gasteiger partial charge in [-0.2, -0.15) is 5.26 Å². The molecule has 1 heterocycles. The number of hydrogen-bond donors (Lipinski definition) is 1. The molecule has 1 N–H and O–H groups in total. The Kier molecular flexibility index (Phi) is 6.71. The van der Waals surface area contributed by atoms with Gasteiger partial charge in [-0.25, -0.2) is 4.98 Å². The summed E-state index contributed by atoms with van der Waals surface area (Å²) in [4.78, 5) is 17.5. The largest absolute Gasteiger partial charge is 0.297 e. The van der Waals surface area contributed by atoms with E-state index in [4.69, 9.17) is 34.8 Å². The van der Waals surface area contributed by atoms with Crippen LogP contribution in [0.3, 0.4) is 0 Å². The summed E-state index contributed by atoms with van der Waals surface area (Å²) in [7, 11) is 0. The third-order valence-corrected chi connectivity index (χ3v) is 5.59. The van der Waals surface area contributed by atoms with Crippen molar-refractivity contribution in [1.82, 2.24) is 4.98 Å². The Balaban J connectivity index is 1.69. The van der Waals surface area contributed by atoms with Gasteiger partial charge in [-0.15, -0.1) is 11.3 Å². The van der Waals surface area contributed by atoms with E-state index in [1.807, 2.05) is 12.1 Å². The molecule has 1 aromatic heterocycles. The molecule has 0 saturated heterocycles. The van der Waals surface area contributed by atoms with Gasteiger partial charge in [-0.3, -0.25) is 10.1 Å². The van der Waals surface area contributed by atoms with E-state index in [1.165, 1.54) is 17.4 Å². The molecule has 3 rings (SSSR count). The summed E-state index contributed by atoms with van der Waals surface area (Å²) < 4.78 is 0. The summed E-state index contributed by atoms with van der Waals surface area (Å²) in [6.07, 6.45) is 3.78. The number of rotatable bonds is 5. The maximum absolute atomic E-state index is 12.4. The molecule has 0 radical (unpaired) electrons. The molecule has 0 atom stereocenters. The van der Waals surface area contributed by atoms with Crippen LogP contribution < -0.4 is 5.32 Å². The van der Waals surface area contributed by atoms with Crippen molar-refractivity contribution in [1.29, 1.82) is 5.26 Å². The van der Waals surface area contributed by atoms with Crippen LogP contribution in [0.25, 0.3) is 6.08 Å². The number of nitrogens with zero attached hydrogens (tertiary/aromatic N) is 2. The monoisotopic (exact) mass is 447 g/mol. The predicted octanol–water partition coefficient (Wildman–Crippen LogP) is 6.24. The van der Waals surface area contributed by atoms with Crippen LogP contribution in [0.15, 0.2) is 54.2 Å². The lowest BCUT2D eigenvalue weighted by Crippen LogP contribution is -2.13. The third-order valence-electron chi connectivity index (χ3n) is 3.68. The van der Waals surface area contributed by atoms with E-state index in [2.05, 4.69) is 10.3 Å². The smallest absolute Gasteiger partial charge is 0.268 e. The Bertz CT molecular complexity index is 1080. The fourth-order valence-electron chi connectivity index (χ4n) is 2.34. The normalized spacial score (nSPS) is 11.1. The molecule has 3 aromatic rings. The summed E-state index contributed by atoms with van der Waals surface area (Å²) in [6.45, 7) is 0. The molecule has 140 valence electrons.